The van der Waals surface area contributed by atoms with E-state index in [1.165, 1.54) is 0 Å². The highest BCUT2D eigenvalue weighted by Crippen LogP contribution is 2.25. The van der Waals surface area contributed by atoms with Crippen LogP contribution >= 0.6 is 0 Å². The summed E-state index contributed by atoms with van der Waals surface area (Å²) < 4.78 is 10.8. The van der Waals surface area contributed by atoms with Crippen LogP contribution in [0.5, 0.6) is 11.5 Å². The number of aliphatic hydroxyl groups is 1. The summed E-state index contributed by atoms with van der Waals surface area (Å²) in [7, 11) is 1.61. The van der Waals surface area contributed by atoms with Gasteiger partial charge in [0.15, 0.2) is 11.5 Å². The van der Waals surface area contributed by atoms with E-state index in [9.17, 15) is 5.11 Å². The molecular weight excluding hydrogens is 266 g/mol. The SMILES string of the molecule is CCC(CC)C(C)NCC(O)COc1ccccc1OC. The fourth-order valence-corrected chi connectivity index (χ4v) is 2.47. The van der Waals surface area contributed by atoms with E-state index in [1.807, 2.05) is 24.3 Å². The van der Waals surface area contributed by atoms with E-state index < -0.39 is 6.10 Å². The maximum Gasteiger partial charge on any atom is 0.161 e. The van der Waals surface area contributed by atoms with Crippen molar-refractivity contribution in [2.75, 3.05) is 20.3 Å². The second kappa shape index (κ2) is 9.64. The third-order valence-electron chi connectivity index (χ3n) is 3.93. The first-order valence-corrected chi connectivity index (χ1v) is 7.79. The Bertz CT molecular complexity index is 393. The van der Waals surface area contributed by atoms with Crippen LogP contribution in [0.25, 0.3) is 0 Å². The molecule has 0 aliphatic rings. The first kappa shape index (κ1) is 17.8. The van der Waals surface area contributed by atoms with Crippen LogP contribution in [0, 0.1) is 5.92 Å². The van der Waals surface area contributed by atoms with Crippen molar-refractivity contribution < 1.29 is 14.6 Å². The van der Waals surface area contributed by atoms with Gasteiger partial charge >= 0.3 is 0 Å². The molecule has 0 bridgehead atoms. The molecule has 1 rings (SSSR count). The van der Waals surface area contributed by atoms with E-state index in [2.05, 4.69) is 26.1 Å². The summed E-state index contributed by atoms with van der Waals surface area (Å²) in [6.45, 7) is 7.36. The molecule has 2 unspecified atom stereocenters. The van der Waals surface area contributed by atoms with Crippen molar-refractivity contribution in [1.29, 1.82) is 0 Å². The van der Waals surface area contributed by atoms with Gasteiger partial charge in [0.05, 0.1) is 7.11 Å². The Morgan fingerprint density at radius 3 is 2.33 bits per heavy atom. The van der Waals surface area contributed by atoms with Crippen molar-refractivity contribution in [1.82, 2.24) is 5.32 Å². The first-order chi connectivity index (χ1) is 10.1. The minimum absolute atomic E-state index is 0.253. The maximum absolute atomic E-state index is 10.0. The van der Waals surface area contributed by atoms with Crippen LogP contribution in [0.2, 0.25) is 0 Å². The van der Waals surface area contributed by atoms with E-state index in [1.54, 1.807) is 7.11 Å². The molecular formula is C17H29NO3. The Morgan fingerprint density at radius 1 is 1.14 bits per heavy atom. The summed E-state index contributed by atoms with van der Waals surface area (Å²) in [5.41, 5.74) is 0. The van der Waals surface area contributed by atoms with Gasteiger partial charge in [-0.1, -0.05) is 38.8 Å². The quantitative estimate of drug-likeness (QED) is 0.697. The van der Waals surface area contributed by atoms with Gasteiger partial charge in [0.25, 0.3) is 0 Å². The molecule has 1 aromatic rings. The fourth-order valence-electron chi connectivity index (χ4n) is 2.47. The predicted molar refractivity (Wildman–Crippen MR) is 86.0 cm³/mol. The lowest BCUT2D eigenvalue weighted by atomic mass is 9.95. The summed E-state index contributed by atoms with van der Waals surface area (Å²) in [5.74, 6) is 1.99. The molecule has 120 valence electrons. The molecule has 4 nitrogen and oxygen atoms in total. The zero-order valence-electron chi connectivity index (χ0n) is 13.6. The molecule has 0 aromatic heterocycles. The molecule has 2 atom stereocenters. The highest BCUT2D eigenvalue weighted by molar-refractivity contribution is 5.39. The first-order valence-electron chi connectivity index (χ1n) is 7.79. The Labute approximate surface area is 128 Å². The third-order valence-corrected chi connectivity index (χ3v) is 3.93. The topological polar surface area (TPSA) is 50.7 Å². The van der Waals surface area contributed by atoms with Crippen molar-refractivity contribution in [2.24, 2.45) is 5.92 Å². The Morgan fingerprint density at radius 2 is 1.76 bits per heavy atom. The Kier molecular flexibility index (Phi) is 8.16. The molecule has 0 spiro atoms. The largest absolute Gasteiger partial charge is 0.493 e. The van der Waals surface area contributed by atoms with Gasteiger partial charge in [0, 0.05) is 12.6 Å². The lowest BCUT2D eigenvalue weighted by molar-refractivity contribution is 0.0996. The van der Waals surface area contributed by atoms with Gasteiger partial charge in [-0.05, 0) is 25.0 Å². The van der Waals surface area contributed by atoms with Gasteiger partial charge in [0.2, 0.25) is 0 Å². The van der Waals surface area contributed by atoms with Crippen LogP contribution in [-0.4, -0.2) is 37.5 Å². The van der Waals surface area contributed by atoms with Crippen molar-refractivity contribution in [2.45, 2.75) is 45.8 Å². The average Bonchev–Trinajstić information content (AvgIpc) is 2.52. The number of nitrogens with one attached hydrogen (secondary N) is 1. The smallest absolute Gasteiger partial charge is 0.161 e. The number of rotatable bonds is 10. The van der Waals surface area contributed by atoms with E-state index in [4.69, 9.17) is 9.47 Å². The van der Waals surface area contributed by atoms with Crippen LogP contribution in [0.3, 0.4) is 0 Å². The molecule has 0 heterocycles. The molecule has 0 saturated carbocycles. The van der Waals surface area contributed by atoms with Crippen LogP contribution in [0.4, 0.5) is 0 Å². The molecule has 21 heavy (non-hydrogen) atoms. The van der Waals surface area contributed by atoms with Gasteiger partial charge < -0.3 is 19.9 Å². The average molecular weight is 295 g/mol. The van der Waals surface area contributed by atoms with E-state index in [0.717, 1.165) is 12.8 Å². The molecule has 0 saturated heterocycles. The highest BCUT2D eigenvalue weighted by Gasteiger charge is 2.15. The maximum atomic E-state index is 10.0. The van der Waals surface area contributed by atoms with Crippen LogP contribution in [0.15, 0.2) is 24.3 Å². The van der Waals surface area contributed by atoms with Crippen molar-refractivity contribution in [3.8, 4) is 11.5 Å². The Hall–Kier alpha value is -1.26. The van der Waals surface area contributed by atoms with Crippen LogP contribution in [-0.2, 0) is 0 Å². The molecule has 0 amide bonds. The van der Waals surface area contributed by atoms with Gasteiger partial charge in [-0.2, -0.15) is 0 Å². The number of hydrogen-bond donors (Lipinski definition) is 2. The second-order valence-electron chi connectivity index (χ2n) is 5.39. The lowest BCUT2D eigenvalue weighted by Gasteiger charge is -2.24. The highest BCUT2D eigenvalue weighted by atomic mass is 16.5. The summed E-state index contributed by atoms with van der Waals surface area (Å²) in [4.78, 5) is 0. The molecule has 0 aliphatic heterocycles. The van der Waals surface area contributed by atoms with Crippen LogP contribution < -0.4 is 14.8 Å². The lowest BCUT2D eigenvalue weighted by Crippen LogP contribution is -2.40. The molecule has 0 fully saturated rings. The molecule has 1 aromatic carbocycles. The number of benzene rings is 1. The second-order valence-corrected chi connectivity index (χ2v) is 5.39. The number of ether oxygens (including phenoxy) is 2. The monoisotopic (exact) mass is 295 g/mol. The van der Waals surface area contributed by atoms with Gasteiger partial charge in [-0.25, -0.2) is 0 Å². The normalized spacial score (nSPS) is 14.0. The molecule has 2 N–H and O–H groups in total. The predicted octanol–water partition coefficient (Wildman–Crippen LogP) is 2.85. The minimum atomic E-state index is -0.535. The van der Waals surface area contributed by atoms with Gasteiger partial charge in [-0.15, -0.1) is 0 Å². The Balaban J connectivity index is 2.35. The van der Waals surface area contributed by atoms with E-state index in [-0.39, 0.29) is 6.61 Å². The number of methoxy groups -OCH3 is 1. The standard InChI is InChI=1S/C17H29NO3/c1-5-14(6-2)13(3)18-11-15(19)12-21-17-10-8-7-9-16(17)20-4/h7-10,13-15,18-19H,5-6,11-12H2,1-4H3. The summed E-state index contributed by atoms with van der Waals surface area (Å²) in [6.07, 6.45) is 1.77. The third kappa shape index (κ3) is 5.94. The zero-order valence-corrected chi connectivity index (χ0v) is 13.6. The van der Waals surface area contributed by atoms with Crippen LogP contribution in [0.1, 0.15) is 33.6 Å². The van der Waals surface area contributed by atoms with E-state index >= 15 is 0 Å². The van der Waals surface area contributed by atoms with Gasteiger partial charge in [-0.3, -0.25) is 0 Å². The summed E-state index contributed by atoms with van der Waals surface area (Å²) in [5, 5.41) is 13.4. The number of aliphatic hydroxyl groups excluding tert-OH is 1. The molecule has 4 heteroatoms. The van der Waals surface area contributed by atoms with Gasteiger partial charge in [0.1, 0.15) is 12.7 Å². The minimum Gasteiger partial charge on any atom is -0.493 e. The van der Waals surface area contributed by atoms with Crippen molar-refractivity contribution >= 4 is 0 Å². The molecule has 0 aliphatic carbocycles. The number of para-hydroxylation sites is 2. The van der Waals surface area contributed by atoms with E-state index in [0.29, 0.717) is 30.0 Å². The summed E-state index contributed by atoms with van der Waals surface area (Å²) in [6, 6.07) is 7.86. The summed E-state index contributed by atoms with van der Waals surface area (Å²) >= 11 is 0. The fraction of sp³-hybridized carbons (Fsp3) is 0.647. The van der Waals surface area contributed by atoms with Crippen molar-refractivity contribution in [3.05, 3.63) is 24.3 Å². The number of hydrogen-bond acceptors (Lipinski definition) is 4. The zero-order chi connectivity index (χ0) is 15.7. The molecule has 0 radical (unpaired) electrons. The van der Waals surface area contributed by atoms with Crippen molar-refractivity contribution in [3.63, 3.8) is 0 Å².